The van der Waals surface area contributed by atoms with Crippen LogP contribution in [0.2, 0.25) is 0 Å². The van der Waals surface area contributed by atoms with Crippen molar-refractivity contribution in [1.82, 2.24) is 15.0 Å². The predicted octanol–water partition coefficient (Wildman–Crippen LogP) is 5.21. The molecule has 7 nitrogen and oxygen atoms in total. The summed E-state index contributed by atoms with van der Waals surface area (Å²) in [7, 11) is 1.62. The molecular weight excluding hydrogens is 462 g/mol. The average molecular weight is 488 g/mol. The molecule has 0 spiro atoms. The number of methoxy groups -OCH3 is 1. The lowest BCUT2D eigenvalue weighted by molar-refractivity contribution is -0.133. The average Bonchev–Trinajstić information content (AvgIpc) is 3.37. The van der Waals surface area contributed by atoms with E-state index in [1.165, 1.54) is 0 Å². The first-order valence-corrected chi connectivity index (χ1v) is 12.1. The van der Waals surface area contributed by atoms with Crippen molar-refractivity contribution in [3.05, 3.63) is 77.1 Å². The maximum Gasteiger partial charge on any atom is 0.333 e. The minimum atomic E-state index is -1.02. The second-order valence-electron chi connectivity index (χ2n) is 8.77. The summed E-state index contributed by atoms with van der Waals surface area (Å²) in [6.45, 7) is 4.65. The highest BCUT2D eigenvalue weighted by Crippen LogP contribution is 2.45. The normalized spacial score (nSPS) is 15.5. The number of hydrogen-bond acceptors (Lipinski definition) is 7. The van der Waals surface area contributed by atoms with Gasteiger partial charge in [0.2, 0.25) is 0 Å². The number of benzene rings is 2. The van der Waals surface area contributed by atoms with Crippen molar-refractivity contribution < 1.29 is 19.4 Å². The van der Waals surface area contributed by atoms with E-state index in [4.69, 9.17) is 4.74 Å². The van der Waals surface area contributed by atoms with Crippen molar-refractivity contribution in [3.8, 4) is 26.8 Å². The number of carbonyl (C=O) groups excluding carboxylic acids is 1. The van der Waals surface area contributed by atoms with Crippen molar-refractivity contribution in [2.45, 2.75) is 32.9 Å². The van der Waals surface area contributed by atoms with Crippen LogP contribution in [0.1, 0.15) is 31.4 Å². The maximum absolute atomic E-state index is 12.1. The van der Waals surface area contributed by atoms with Crippen LogP contribution in [-0.4, -0.2) is 45.5 Å². The molecule has 0 bridgehead atoms. The van der Waals surface area contributed by atoms with Crippen molar-refractivity contribution in [1.29, 1.82) is 0 Å². The quantitative estimate of drug-likeness (QED) is 0.478. The van der Waals surface area contributed by atoms with Gasteiger partial charge in [0.05, 0.1) is 28.8 Å². The number of aliphatic carboxylic acids is 1. The number of aldehydes is 1. The van der Waals surface area contributed by atoms with Crippen molar-refractivity contribution in [2.75, 3.05) is 7.11 Å². The molecule has 2 aliphatic heterocycles. The number of carbonyl (C=O) groups is 2. The van der Waals surface area contributed by atoms with E-state index in [0.717, 1.165) is 38.4 Å². The summed E-state index contributed by atoms with van der Waals surface area (Å²) in [6, 6.07) is 14.2. The third-order valence-corrected chi connectivity index (χ3v) is 7.37. The van der Waals surface area contributed by atoms with Crippen LogP contribution in [0.5, 0.6) is 5.75 Å². The molecule has 3 heterocycles. The number of allylic oxidation sites excluding steroid dienone is 1. The lowest BCUT2D eigenvalue weighted by Crippen LogP contribution is -2.47. The first-order valence-electron chi connectivity index (χ1n) is 11.3. The first-order chi connectivity index (χ1) is 16.9. The molecule has 35 heavy (non-hydrogen) atoms. The number of hydrogen-bond donors (Lipinski definition) is 1. The summed E-state index contributed by atoms with van der Waals surface area (Å²) in [5.41, 5.74) is 5.22. The number of thiazole rings is 1. The van der Waals surface area contributed by atoms with Crippen LogP contribution in [0.3, 0.4) is 0 Å². The number of rotatable bonds is 6. The monoisotopic (exact) mass is 487 g/mol. The van der Waals surface area contributed by atoms with Gasteiger partial charge >= 0.3 is 5.97 Å². The number of ether oxygens (including phenoxy) is 1. The highest BCUT2D eigenvalue weighted by molar-refractivity contribution is 7.18. The molecule has 1 aromatic heterocycles. The highest BCUT2D eigenvalue weighted by atomic mass is 32.1. The molecule has 3 aromatic rings. The molecule has 0 saturated heterocycles. The molecule has 0 atom stereocenters. The zero-order chi connectivity index (χ0) is 24.7. The second-order valence-corrected chi connectivity index (χ2v) is 9.80. The van der Waals surface area contributed by atoms with Gasteiger partial charge in [-0.05, 0) is 37.1 Å². The lowest BCUT2D eigenvalue weighted by atomic mass is 9.91. The Kier molecular flexibility index (Phi) is 6.00. The standard InChI is InChI=1S/C27H25N3O4S/c1-16(2)29-13-18-10-22(26-28-12-24(35-26)17-7-5-4-6-8-17)23(34-3)11-21(18)25-20(15-31)9-19(27(32)33)14-30(25)29/h4-8,10-12,14-16H,9,13H2,1-3H3,(H,32,33). The van der Waals surface area contributed by atoms with Crippen LogP contribution in [0.25, 0.3) is 26.7 Å². The zero-order valence-electron chi connectivity index (χ0n) is 19.7. The van der Waals surface area contributed by atoms with Crippen LogP contribution in [0.15, 0.2) is 66.0 Å². The molecule has 2 aromatic carbocycles. The van der Waals surface area contributed by atoms with Gasteiger partial charge in [0, 0.05) is 42.5 Å². The van der Waals surface area contributed by atoms with Crippen molar-refractivity contribution in [2.24, 2.45) is 0 Å². The Bertz CT molecular complexity index is 1370. The van der Waals surface area contributed by atoms with E-state index in [-0.39, 0.29) is 18.0 Å². The van der Waals surface area contributed by atoms with Gasteiger partial charge in [0.15, 0.2) is 0 Å². The topological polar surface area (TPSA) is 83.0 Å². The zero-order valence-corrected chi connectivity index (χ0v) is 20.5. The fourth-order valence-electron chi connectivity index (χ4n) is 4.55. The molecule has 0 unspecified atom stereocenters. The molecule has 2 aliphatic rings. The third kappa shape index (κ3) is 4.05. The summed E-state index contributed by atoms with van der Waals surface area (Å²) < 4.78 is 5.78. The summed E-state index contributed by atoms with van der Waals surface area (Å²) in [6.07, 6.45) is 4.34. The maximum atomic E-state index is 12.1. The van der Waals surface area contributed by atoms with Crippen LogP contribution in [0.4, 0.5) is 0 Å². The number of carboxylic acids is 1. The van der Waals surface area contributed by atoms with E-state index in [1.807, 2.05) is 49.3 Å². The molecule has 0 fully saturated rings. The second kappa shape index (κ2) is 9.13. The molecule has 0 aliphatic carbocycles. The molecule has 0 radical (unpaired) electrons. The van der Waals surface area contributed by atoms with Crippen LogP contribution in [0, 0.1) is 0 Å². The SMILES string of the molecule is COc1cc2c(cc1-c1ncc(-c3ccccc3)s1)CN(C(C)C)N1C=C(C(=O)O)CC(C=O)=C21. The van der Waals surface area contributed by atoms with Gasteiger partial charge in [0.1, 0.15) is 17.0 Å². The number of nitrogens with zero attached hydrogens (tertiary/aromatic N) is 3. The van der Waals surface area contributed by atoms with Gasteiger partial charge in [-0.1, -0.05) is 30.3 Å². The van der Waals surface area contributed by atoms with Gasteiger partial charge in [-0.2, -0.15) is 0 Å². The van der Waals surface area contributed by atoms with Gasteiger partial charge in [-0.3, -0.25) is 9.80 Å². The van der Waals surface area contributed by atoms with Gasteiger partial charge in [0.25, 0.3) is 0 Å². The van der Waals surface area contributed by atoms with Crippen molar-refractivity contribution in [3.63, 3.8) is 0 Å². The van der Waals surface area contributed by atoms with E-state index < -0.39 is 5.97 Å². The number of carboxylic acid groups (broad SMARTS) is 1. The fraction of sp³-hybridized carbons (Fsp3) is 0.222. The van der Waals surface area contributed by atoms with Crippen LogP contribution in [-0.2, 0) is 16.1 Å². The fourth-order valence-corrected chi connectivity index (χ4v) is 5.49. The number of fused-ring (bicyclic) bond motifs is 3. The van der Waals surface area contributed by atoms with Crippen molar-refractivity contribution >= 4 is 29.3 Å². The first kappa shape index (κ1) is 23.0. The third-order valence-electron chi connectivity index (χ3n) is 6.29. The minimum absolute atomic E-state index is 0.0746. The van der Waals surface area contributed by atoms with E-state index >= 15 is 0 Å². The predicted molar refractivity (Wildman–Crippen MR) is 135 cm³/mol. The summed E-state index contributed by atoms with van der Waals surface area (Å²) >= 11 is 1.60. The van der Waals surface area contributed by atoms with E-state index in [0.29, 0.717) is 23.6 Å². The Morgan fingerprint density at radius 3 is 2.63 bits per heavy atom. The Labute approximate surface area is 207 Å². The molecular formula is C27H25N3O4S. The van der Waals surface area contributed by atoms with Gasteiger partial charge < -0.3 is 9.84 Å². The Morgan fingerprint density at radius 1 is 1.20 bits per heavy atom. The molecule has 1 N–H and O–H groups in total. The van der Waals surface area contributed by atoms with E-state index in [2.05, 4.69) is 28.2 Å². The Hall–Kier alpha value is -3.75. The van der Waals surface area contributed by atoms with Gasteiger partial charge in [-0.15, -0.1) is 11.3 Å². The molecule has 0 amide bonds. The molecule has 8 heteroatoms. The van der Waals surface area contributed by atoms with Crippen LogP contribution < -0.4 is 4.74 Å². The summed E-state index contributed by atoms with van der Waals surface area (Å²) in [5.74, 6) is -0.370. The van der Waals surface area contributed by atoms with E-state index in [1.54, 1.807) is 24.6 Å². The largest absolute Gasteiger partial charge is 0.496 e. The van der Waals surface area contributed by atoms with E-state index in [9.17, 15) is 14.7 Å². The smallest absolute Gasteiger partial charge is 0.333 e. The van der Waals surface area contributed by atoms with Crippen LogP contribution >= 0.6 is 11.3 Å². The molecule has 178 valence electrons. The molecule has 0 saturated carbocycles. The number of aromatic nitrogens is 1. The minimum Gasteiger partial charge on any atom is -0.496 e. The highest BCUT2D eigenvalue weighted by Gasteiger charge is 2.35. The lowest BCUT2D eigenvalue weighted by Gasteiger charge is -2.45. The summed E-state index contributed by atoms with van der Waals surface area (Å²) in [5, 5.41) is 14.3. The molecule has 5 rings (SSSR count). The number of hydrazine groups is 1. The Balaban J connectivity index is 1.65. The Morgan fingerprint density at radius 2 is 1.97 bits per heavy atom. The van der Waals surface area contributed by atoms with Gasteiger partial charge in [-0.25, -0.2) is 14.8 Å². The summed E-state index contributed by atoms with van der Waals surface area (Å²) in [4.78, 5) is 29.6.